The number of benzene rings is 2. The van der Waals surface area contributed by atoms with Crippen LogP contribution in [0.25, 0.3) is 0 Å². The highest BCUT2D eigenvalue weighted by Gasteiger charge is 2.40. The number of carbonyl (C=O) groups excluding carboxylic acids is 4. The minimum atomic E-state index is -1.08. The van der Waals surface area contributed by atoms with E-state index in [1.54, 1.807) is 46.4 Å². The van der Waals surface area contributed by atoms with Crippen molar-refractivity contribution < 1.29 is 28.7 Å². The second kappa shape index (κ2) is 18.0. The van der Waals surface area contributed by atoms with E-state index in [1.165, 1.54) is 0 Å². The van der Waals surface area contributed by atoms with Gasteiger partial charge in [-0.05, 0) is 84.4 Å². The molecule has 4 atom stereocenters. The van der Waals surface area contributed by atoms with Crippen molar-refractivity contribution in [2.75, 3.05) is 6.54 Å². The van der Waals surface area contributed by atoms with Crippen molar-refractivity contribution in [1.29, 1.82) is 0 Å². The molecule has 2 aromatic rings. The molecule has 0 aliphatic heterocycles. The summed E-state index contributed by atoms with van der Waals surface area (Å²) in [7, 11) is 0. The number of amides is 3. The first-order valence-electron chi connectivity index (χ1n) is 17.3. The summed E-state index contributed by atoms with van der Waals surface area (Å²) < 4.78 is 11.3. The van der Waals surface area contributed by atoms with E-state index < -0.39 is 47.3 Å². The molecule has 0 heterocycles. The Labute approximate surface area is 288 Å². The third-order valence-corrected chi connectivity index (χ3v) is 8.01. The van der Waals surface area contributed by atoms with Crippen LogP contribution in [0.1, 0.15) is 116 Å². The van der Waals surface area contributed by atoms with Crippen LogP contribution in [-0.2, 0) is 30.3 Å². The smallest absolute Gasteiger partial charge is 0.408 e. The fraction of sp³-hybridized carbons (Fsp3) is 0.590. The topological polar surface area (TPSA) is 114 Å². The molecule has 0 fully saturated rings. The molecule has 266 valence electrons. The molecule has 2 N–H and O–H groups in total. The zero-order chi connectivity index (χ0) is 36.2. The van der Waals surface area contributed by atoms with E-state index in [0.29, 0.717) is 18.4 Å². The lowest BCUT2D eigenvalue weighted by Crippen LogP contribution is -2.56. The van der Waals surface area contributed by atoms with Gasteiger partial charge in [0.25, 0.3) is 0 Å². The maximum absolute atomic E-state index is 14.7. The summed E-state index contributed by atoms with van der Waals surface area (Å²) in [5.41, 5.74) is 1.81. The Bertz CT molecular complexity index is 1360. The van der Waals surface area contributed by atoms with Crippen LogP contribution in [0.3, 0.4) is 0 Å². The van der Waals surface area contributed by atoms with Gasteiger partial charge < -0.3 is 25.0 Å². The number of esters is 1. The second-order valence-corrected chi connectivity index (χ2v) is 14.8. The van der Waals surface area contributed by atoms with Crippen molar-refractivity contribution in [3.05, 3.63) is 70.8 Å². The van der Waals surface area contributed by atoms with Gasteiger partial charge in [-0.1, -0.05) is 94.1 Å². The summed E-state index contributed by atoms with van der Waals surface area (Å²) in [6.07, 6.45) is 2.51. The average molecular weight is 666 g/mol. The number of rotatable bonds is 15. The maximum Gasteiger partial charge on any atom is 0.408 e. The largest absolute Gasteiger partial charge is 0.458 e. The van der Waals surface area contributed by atoms with Gasteiger partial charge in [-0.2, -0.15) is 0 Å². The van der Waals surface area contributed by atoms with Crippen LogP contribution in [0.4, 0.5) is 4.79 Å². The quantitative estimate of drug-likeness (QED) is 0.152. The van der Waals surface area contributed by atoms with Crippen LogP contribution in [0.15, 0.2) is 48.5 Å². The number of alkyl carbamates (subject to hydrolysis) is 1. The van der Waals surface area contributed by atoms with Crippen molar-refractivity contribution >= 4 is 23.9 Å². The predicted molar refractivity (Wildman–Crippen MR) is 190 cm³/mol. The number of carbonyl (C=O) groups is 4. The molecule has 0 saturated carbocycles. The first-order valence-corrected chi connectivity index (χ1v) is 17.3. The van der Waals surface area contributed by atoms with Crippen LogP contribution in [-0.4, -0.2) is 58.6 Å². The van der Waals surface area contributed by atoms with Crippen molar-refractivity contribution in [2.45, 2.75) is 138 Å². The lowest BCUT2D eigenvalue weighted by atomic mass is 9.93. The highest BCUT2D eigenvalue weighted by molar-refractivity contribution is 5.94. The van der Waals surface area contributed by atoms with Gasteiger partial charge in [0.2, 0.25) is 11.8 Å². The third kappa shape index (κ3) is 13.0. The summed E-state index contributed by atoms with van der Waals surface area (Å²) in [6.45, 7) is 20.7. The molecule has 9 nitrogen and oxygen atoms in total. The van der Waals surface area contributed by atoms with E-state index in [1.807, 2.05) is 76.2 Å². The van der Waals surface area contributed by atoms with Crippen molar-refractivity contribution in [3.8, 4) is 0 Å². The number of unbranched alkanes of at least 4 members (excludes halogenated alkanes) is 2. The van der Waals surface area contributed by atoms with Gasteiger partial charge in [0.05, 0.1) is 0 Å². The van der Waals surface area contributed by atoms with Crippen LogP contribution in [0.5, 0.6) is 0 Å². The van der Waals surface area contributed by atoms with E-state index in [4.69, 9.17) is 9.47 Å². The summed E-state index contributed by atoms with van der Waals surface area (Å²) in [6, 6.07) is 12.2. The minimum Gasteiger partial charge on any atom is -0.458 e. The summed E-state index contributed by atoms with van der Waals surface area (Å²) in [4.78, 5) is 57.6. The van der Waals surface area contributed by atoms with Crippen LogP contribution in [0.2, 0.25) is 0 Å². The molecule has 0 saturated heterocycles. The van der Waals surface area contributed by atoms with Gasteiger partial charge in [-0.15, -0.1) is 0 Å². The number of nitrogens with zero attached hydrogens (tertiary/aromatic N) is 1. The number of aryl methyl sites for hydroxylation is 2. The Balaban J connectivity index is 2.69. The van der Waals surface area contributed by atoms with E-state index in [0.717, 1.165) is 29.5 Å². The molecular weight excluding hydrogens is 606 g/mol. The highest BCUT2D eigenvalue weighted by atomic mass is 16.6. The molecule has 0 radical (unpaired) electrons. The fourth-order valence-corrected chi connectivity index (χ4v) is 5.44. The molecule has 0 bridgehead atoms. The second-order valence-electron chi connectivity index (χ2n) is 14.8. The maximum atomic E-state index is 14.7. The summed E-state index contributed by atoms with van der Waals surface area (Å²) in [5, 5.41) is 5.81. The van der Waals surface area contributed by atoms with E-state index in [2.05, 4.69) is 17.6 Å². The number of ether oxygens (including phenoxy) is 2. The van der Waals surface area contributed by atoms with E-state index in [-0.39, 0.29) is 24.8 Å². The molecule has 0 aliphatic rings. The molecule has 48 heavy (non-hydrogen) atoms. The SMILES string of the molecule is CCCCCN(C(=O)C(NC(=O)OC(C)(C)C)C(C)CC)C(C(=O)NC(Cc1ccccc1)C(=O)OC(C)(C)C)c1ccc(C)cc1C. The normalized spacial score (nSPS) is 14.2. The van der Waals surface area contributed by atoms with E-state index >= 15 is 0 Å². The average Bonchev–Trinajstić information content (AvgIpc) is 2.98. The molecular formula is C39H59N3O6. The Morgan fingerprint density at radius 3 is 2.00 bits per heavy atom. The van der Waals surface area contributed by atoms with Crippen LogP contribution >= 0.6 is 0 Å². The Kier molecular flexibility index (Phi) is 15.1. The number of nitrogens with one attached hydrogen (secondary N) is 2. The molecule has 9 heteroatoms. The Morgan fingerprint density at radius 1 is 0.833 bits per heavy atom. The van der Waals surface area contributed by atoms with Crippen molar-refractivity contribution in [1.82, 2.24) is 15.5 Å². The molecule has 0 spiro atoms. The molecule has 0 aliphatic carbocycles. The lowest BCUT2D eigenvalue weighted by Gasteiger charge is -2.37. The molecule has 2 aromatic carbocycles. The van der Waals surface area contributed by atoms with Gasteiger partial charge in [0, 0.05) is 13.0 Å². The highest BCUT2D eigenvalue weighted by Crippen LogP contribution is 2.29. The zero-order valence-corrected chi connectivity index (χ0v) is 31.1. The molecule has 2 rings (SSSR count). The predicted octanol–water partition coefficient (Wildman–Crippen LogP) is 7.37. The van der Waals surface area contributed by atoms with Gasteiger partial charge in [0.1, 0.15) is 29.3 Å². The molecule has 0 aromatic heterocycles. The Morgan fingerprint density at radius 2 is 1.46 bits per heavy atom. The monoisotopic (exact) mass is 665 g/mol. The first-order chi connectivity index (χ1) is 22.4. The van der Waals surface area contributed by atoms with Gasteiger partial charge in [0.15, 0.2) is 0 Å². The third-order valence-electron chi connectivity index (χ3n) is 8.01. The zero-order valence-electron chi connectivity index (χ0n) is 31.1. The minimum absolute atomic E-state index is 0.209. The van der Waals surface area contributed by atoms with Crippen molar-refractivity contribution in [2.24, 2.45) is 5.92 Å². The van der Waals surface area contributed by atoms with Crippen LogP contribution in [0, 0.1) is 19.8 Å². The first kappa shape index (κ1) is 40.3. The standard InChI is InChI=1S/C39H59N3O6/c1-12-14-18-23-42(35(44)32(27(4)13-2)41-37(46)48-39(9,10)11)33(30-22-21-26(3)24-28(30)5)34(43)40-31(36(45)47-38(6,7)8)25-29-19-16-15-17-20-29/h15-17,19-22,24,27,31-33H,12-14,18,23,25H2,1-11H3,(H,40,43)(H,41,46). The van der Waals surface area contributed by atoms with Gasteiger partial charge in [-0.25, -0.2) is 9.59 Å². The number of hydrogen-bond donors (Lipinski definition) is 2. The van der Waals surface area contributed by atoms with Crippen LogP contribution < -0.4 is 10.6 Å². The van der Waals surface area contributed by atoms with Gasteiger partial charge >= 0.3 is 12.1 Å². The van der Waals surface area contributed by atoms with E-state index in [9.17, 15) is 19.2 Å². The summed E-state index contributed by atoms with van der Waals surface area (Å²) >= 11 is 0. The molecule has 3 amide bonds. The Hall–Kier alpha value is -3.88. The number of hydrogen-bond acceptors (Lipinski definition) is 6. The summed E-state index contributed by atoms with van der Waals surface area (Å²) in [5.74, 6) is -1.71. The fourth-order valence-electron chi connectivity index (χ4n) is 5.44. The van der Waals surface area contributed by atoms with Gasteiger partial charge in [-0.3, -0.25) is 9.59 Å². The van der Waals surface area contributed by atoms with Crippen molar-refractivity contribution in [3.63, 3.8) is 0 Å². The molecule has 4 unspecified atom stereocenters. The lowest BCUT2D eigenvalue weighted by molar-refractivity contribution is -0.159.